The fourth-order valence-electron chi connectivity index (χ4n) is 2.72. The van der Waals surface area contributed by atoms with Crippen LogP contribution in [0.1, 0.15) is 26.3 Å². The molecule has 0 aromatic heterocycles. The van der Waals surface area contributed by atoms with E-state index in [4.69, 9.17) is 9.47 Å². The summed E-state index contributed by atoms with van der Waals surface area (Å²) >= 11 is 0. The molecule has 0 spiro atoms. The number of carbonyl (C=O) groups excluding carboxylic acids is 3. The predicted molar refractivity (Wildman–Crippen MR) is 116 cm³/mol. The van der Waals surface area contributed by atoms with Gasteiger partial charge in [-0.15, -0.1) is 0 Å². The van der Waals surface area contributed by atoms with E-state index in [-0.39, 0.29) is 5.91 Å². The molecule has 2 N–H and O–H groups in total. The number of ether oxygens (including phenoxy) is 2. The van der Waals surface area contributed by atoms with Crippen LogP contribution in [0.3, 0.4) is 0 Å². The highest BCUT2D eigenvalue weighted by molar-refractivity contribution is 5.98. The molecule has 7 nitrogen and oxygen atoms in total. The van der Waals surface area contributed by atoms with Crippen LogP contribution in [0.2, 0.25) is 0 Å². The van der Waals surface area contributed by atoms with Gasteiger partial charge in [0.2, 0.25) is 0 Å². The largest absolute Gasteiger partial charge is 0.489 e. The van der Waals surface area contributed by atoms with Crippen molar-refractivity contribution in [1.82, 2.24) is 5.32 Å². The van der Waals surface area contributed by atoms with Crippen molar-refractivity contribution >= 4 is 23.5 Å². The fourth-order valence-corrected chi connectivity index (χ4v) is 2.72. The van der Waals surface area contributed by atoms with Gasteiger partial charge in [0.1, 0.15) is 12.4 Å². The number of nitrogens with one attached hydrogen (secondary N) is 2. The molecule has 0 saturated heterocycles. The maximum Gasteiger partial charge on any atom is 0.338 e. The summed E-state index contributed by atoms with van der Waals surface area (Å²) in [6.45, 7) is -0.0266. The van der Waals surface area contributed by atoms with E-state index in [1.165, 1.54) is 13.1 Å². The molecule has 0 unspecified atom stereocenters. The van der Waals surface area contributed by atoms with Crippen LogP contribution in [0.4, 0.5) is 5.69 Å². The van der Waals surface area contributed by atoms with Gasteiger partial charge in [0.25, 0.3) is 11.8 Å². The van der Waals surface area contributed by atoms with E-state index in [2.05, 4.69) is 10.6 Å². The summed E-state index contributed by atoms with van der Waals surface area (Å²) in [4.78, 5) is 35.9. The van der Waals surface area contributed by atoms with Gasteiger partial charge in [-0.1, -0.05) is 36.4 Å². The third kappa shape index (κ3) is 6.43. The zero-order valence-electron chi connectivity index (χ0n) is 17.0. The van der Waals surface area contributed by atoms with Crippen LogP contribution in [0.5, 0.6) is 5.75 Å². The average molecular weight is 418 g/mol. The van der Waals surface area contributed by atoms with E-state index in [9.17, 15) is 14.4 Å². The highest BCUT2D eigenvalue weighted by Gasteiger charge is 2.12. The lowest BCUT2D eigenvalue weighted by molar-refractivity contribution is -0.119. The van der Waals surface area contributed by atoms with Gasteiger partial charge < -0.3 is 20.1 Å². The lowest BCUT2D eigenvalue weighted by Crippen LogP contribution is -2.22. The van der Waals surface area contributed by atoms with E-state index < -0.39 is 18.5 Å². The van der Waals surface area contributed by atoms with Crippen LogP contribution in [0.15, 0.2) is 78.9 Å². The summed E-state index contributed by atoms with van der Waals surface area (Å²) in [5, 5.41) is 5.10. The van der Waals surface area contributed by atoms with Gasteiger partial charge in [0.15, 0.2) is 6.61 Å². The molecule has 0 aliphatic carbocycles. The van der Waals surface area contributed by atoms with Crippen LogP contribution in [-0.2, 0) is 16.1 Å². The first-order chi connectivity index (χ1) is 15.0. The molecule has 0 aliphatic rings. The number of hydrogen-bond acceptors (Lipinski definition) is 5. The zero-order chi connectivity index (χ0) is 22.1. The Bertz CT molecular complexity index is 1050. The first-order valence-electron chi connectivity index (χ1n) is 9.61. The molecular weight excluding hydrogens is 396 g/mol. The van der Waals surface area contributed by atoms with Crippen LogP contribution >= 0.6 is 0 Å². The van der Waals surface area contributed by atoms with Crippen molar-refractivity contribution in [3.63, 3.8) is 0 Å². The van der Waals surface area contributed by atoms with Crippen LogP contribution in [-0.4, -0.2) is 31.4 Å². The number of hydrogen-bond donors (Lipinski definition) is 2. The lowest BCUT2D eigenvalue weighted by atomic mass is 10.2. The Kier molecular flexibility index (Phi) is 7.37. The van der Waals surface area contributed by atoms with Gasteiger partial charge in [-0.25, -0.2) is 4.79 Å². The fraction of sp³-hybridized carbons (Fsp3) is 0.125. The SMILES string of the molecule is CNC(=O)c1cccc(NC(=O)COC(=O)c2ccc(OCc3ccccc3)cc2)c1. The molecule has 2 amide bonds. The molecule has 0 fully saturated rings. The third-order valence-corrected chi connectivity index (χ3v) is 4.31. The minimum Gasteiger partial charge on any atom is -0.489 e. The molecule has 0 bridgehead atoms. The standard InChI is InChI=1S/C24H22N2O5/c1-25-23(28)19-8-5-9-20(14-19)26-22(27)16-31-24(29)18-10-12-21(13-11-18)30-15-17-6-3-2-4-7-17/h2-14H,15-16H2,1H3,(H,25,28)(H,26,27). The van der Waals surface area contributed by atoms with E-state index in [1.807, 2.05) is 30.3 Å². The Morgan fingerprint density at radius 3 is 2.29 bits per heavy atom. The number of benzene rings is 3. The molecule has 3 aromatic rings. The Balaban J connectivity index is 1.47. The van der Waals surface area contributed by atoms with E-state index in [0.717, 1.165) is 5.56 Å². The number of esters is 1. The Hall–Kier alpha value is -4.13. The molecule has 7 heteroatoms. The summed E-state index contributed by atoms with van der Waals surface area (Å²) in [5.74, 6) is -0.776. The Morgan fingerprint density at radius 2 is 1.58 bits per heavy atom. The number of amides is 2. The van der Waals surface area contributed by atoms with Crippen LogP contribution in [0, 0.1) is 0 Å². The van der Waals surface area contributed by atoms with Crippen molar-refractivity contribution in [2.45, 2.75) is 6.61 Å². The maximum atomic E-state index is 12.2. The van der Waals surface area contributed by atoms with Crippen molar-refractivity contribution < 1.29 is 23.9 Å². The molecule has 3 rings (SSSR count). The van der Waals surface area contributed by atoms with Crippen LogP contribution in [0.25, 0.3) is 0 Å². The second kappa shape index (κ2) is 10.6. The first kappa shape index (κ1) is 21.6. The van der Waals surface area contributed by atoms with Crippen molar-refractivity contribution in [2.24, 2.45) is 0 Å². The smallest absolute Gasteiger partial charge is 0.338 e. The highest BCUT2D eigenvalue weighted by Crippen LogP contribution is 2.15. The minimum absolute atomic E-state index is 0.265. The van der Waals surface area contributed by atoms with Gasteiger partial charge in [-0.2, -0.15) is 0 Å². The van der Waals surface area contributed by atoms with Gasteiger partial charge in [0.05, 0.1) is 5.56 Å². The quantitative estimate of drug-likeness (QED) is 0.547. The molecule has 0 aliphatic heterocycles. The number of carbonyl (C=O) groups is 3. The summed E-state index contributed by atoms with van der Waals surface area (Å²) in [7, 11) is 1.52. The Labute approximate surface area is 180 Å². The topological polar surface area (TPSA) is 93.7 Å². The van der Waals surface area contributed by atoms with Gasteiger partial charge >= 0.3 is 5.97 Å². The van der Waals surface area contributed by atoms with Gasteiger partial charge in [-0.3, -0.25) is 9.59 Å². The monoisotopic (exact) mass is 418 g/mol. The van der Waals surface area contributed by atoms with Gasteiger partial charge in [-0.05, 0) is 48.0 Å². The average Bonchev–Trinajstić information content (AvgIpc) is 2.82. The van der Waals surface area contributed by atoms with Crippen molar-refractivity contribution in [3.8, 4) is 5.75 Å². The first-order valence-corrected chi connectivity index (χ1v) is 9.61. The van der Waals surface area contributed by atoms with E-state index in [1.54, 1.807) is 42.5 Å². The number of anilines is 1. The molecule has 0 heterocycles. The molecule has 31 heavy (non-hydrogen) atoms. The van der Waals surface area contributed by atoms with Crippen molar-refractivity contribution in [3.05, 3.63) is 95.6 Å². The van der Waals surface area contributed by atoms with Gasteiger partial charge in [0, 0.05) is 18.3 Å². The molecule has 0 atom stereocenters. The summed E-state index contributed by atoms with van der Waals surface area (Å²) in [6.07, 6.45) is 0. The second-order valence-electron chi connectivity index (χ2n) is 6.58. The van der Waals surface area contributed by atoms with Crippen LogP contribution < -0.4 is 15.4 Å². The highest BCUT2D eigenvalue weighted by atomic mass is 16.5. The zero-order valence-corrected chi connectivity index (χ0v) is 17.0. The molecule has 0 saturated carbocycles. The predicted octanol–water partition coefficient (Wildman–Crippen LogP) is 3.42. The second-order valence-corrected chi connectivity index (χ2v) is 6.58. The molecule has 0 radical (unpaired) electrons. The van der Waals surface area contributed by atoms with Crippen molar-refractivity contribution in [1.29, 1.82) is 0 Å². The number of rotatable bonds is 8. The molecular formula is C24H22N2O5. The van der Waals surface area contributed by atoms with E-state index >= 15 is 0 Å². The maximum absolute atomic E-state index is 12.2. The molecule has 3 aromatic carbocycles. The third-order valence-electron chi connectivity index (χ3n) is 4.31. The van der Waals surface area contributed by atoms with E-state index in [0.29, 0.717) is 29.2 Å². The normalized spacial score (nSPS) is 10.1. The molecule has 158 valence electrons. The minimum atomic E-state index is -0.621. The summed E-state index contributed by atoms with van der Waals surface area (Å²) in [6, 6.07) is 22.7. The Morgan fingerprint density at radius 1 is 0.839 bits per heavy atom. The lowest BCUT2D eigenvalue weighted by Gasteiger charge is -2.09. The summed E-state index contributed by atoms with van der Waals surface area (Å²) in [5.41, 5.74) is 2.19. The van der Waals surface area contributed by atoms with Crippen molar-refractivity contribution in [2.75, 3.05) is 19.0 Å². The summed E-state index contributed by atoms with van der Waals surface area (Å²) < 4.78 is 10.7.